The van der Waals surface area contributed by atoms with Gasteiger partial charge in [-0.15, -0.1) is 0 Å². The number of ether oxygens (including phenoxy) is 1. The molecule has 0 aliphatic carbocycles. The summed E-state index contributed by atoms with van der Waals surface area (Å²) in [5, 5.41) is 7.40. The van der Waals surface area contributed by atoms with Crippen LogP contribution < -0.4 is 5.32 Å². The Bertz CT molecular complexity index is 1200. The molecule has 9 heteroatoms. The van der Waals surface area contributed by atoms with E-state index < -0.39 is 10.0 Å². The van der Waals surface area contributed by atoms with Crippen LogP contribution in [0.2, 0.25) is 0 Å². The van der Waals surface area contributed by atoms with E-state index in [2.05, 4.69) is 10.4 Å². The van der Waals surface area contributed by atoms with Gasteiger partial charge < -0.3 is 10.1 Å². The van der Waals surface area contributed by atoms with Gasteiger partial charge in [0.1, 0.15) is 0 Å². The molecule has 0 saturated carbocycles. The summed E-state index contributed by atoms with van der Waals surface area (Å²) >= 11 is 0. The number of rotatable bonds is 5. The first-order valence-corrected chi connectivity index (χ1v) is 11.4. The van der Waals surface area contributed by atoms with Gasteiger partial charge in [0.15, 0.2) is 0 Å². The standard InChI is InChI=1S/C22H24N4O4S/c1-16-15-17(2)26(24-16)21-6-4-3-5-20(21)23-22(27)18-7-9-19(10-8-18)31(28,29)25-11-13-30-14-12-25/h3-10,15H,11-14H2,1-2H3,(H,23,27). The fourth-order valence-corrected chi connectivity index (χ4v) is 4.95. The molecule has 0 spiro atoms. The number of benzene rings is 2. The lowest BCUT2D eigenvalue weighted by molar-refractivity contribution is 0.0730. The summed E-state index contributed by atoms with van der Waals surface area (Å²) in [6.45, 7) is 5.29. The van der Waals surface area contributed by atoms with Crippen LogP contribution in [0.25, 0.3) is 5.69 Å². The molecule has 2 aromatic carbocycles. The van der Waals surface area contributed by atoms with Crippen LogP contribution in [0.15, 0.2) is 59.5 Å². The molecule has 1 aliphatic rings. The number of sulfonamides is 1. The predicted octanol–water partition coefficient (Wildman–Crippen LogP) is 2.76. The third-order valence-corrected chi connectivity index (χ3v) is 7.03. The van der Waals surface area contributed by atoms with E-state index in [-0.39, 0.29) is 10.8 Å². The number of nitrogens with one attached hydrogen (secondary N) is 1. The average Bonchev–Trinajstić information content (AvgIpc) is 3.12. The topological polar surface area (TPSA) is 93.5 Å². The Morgan fingerprint density at radius 2 is 1.71 bits per heavy atom. The third kappa shape index (κ3) is 4.39. The van der Waals surface area contributed by atoms with Gasteiger partial charge in [-0.3, -0.25) is 4.79 Å². The Hall–Kier alpha value is -3.01. The maximum absolute atomic E-state index is 12.8. The van der Waals surface area contributed by atoms with Crippen LogP contribution in [0.5, 0.6) is 0 Å². The quantitative estimate of drug-likeness (QED) is 0.659. The van der Waals surface area contributed by atoms with Gasteiger partial charge in [0.2, 0.25) is 10.0 Å². The molecule has 31 heavy (non-hydrogen) atoms. The first kappa shape index (κ1) is 21.2. The zero-order valence-corrected chi connectivity index (χ0v) is 18.2. The Morgan fingerprint density at radius 1 is 1.03 bits per heavy atom. The first-order valence-electron chi connectivity index (χ1n) is 9.98. The fourth-order valence-electron chi connectivity index (χ4n) is 3.55. The number of hydrogen-bond donors (Lipinski definition) is 1. The largest absolute Gasteiger partial charge is 0.379 e. The number of para-hydroxylation sites is 2. The molecule has 0 bridgehead atoms. The minimum atomic E-state index is -3.60. The number of nitrogens with zero attached hydrogens (tertiary/aromatic N) is 3. The van der Waals surface area contributed by atoms with E-state index in [1.54, 1.807) is 10.7 Å². The van der Waals surface area contributed by atoms with Crippen molar-refractivity contribution in [2.45, 2.75) is 18.7 Å². The molecule has 1 saturated heterocycles. The van der Waals surface area contributed by atoms with Crippen molar-refractivity contribution >= 4 is 21.6 Å². The number of aromatic nitrogens is 2. The molecule has 4 rings (SSSR count). The van der Waals surface area contributed by atoms with E-state index in [9.17, 15) is 13.2 Å². The van der Waals surface area contributed by atoms with E-state index in [0.29, 0.717) is 37.6 Å². The van der Waals surface area contributed by atoms with Crippen molar-refractivity contribution < 1.29 is 17.9 Å². The molecular weight excluding hydrogens is 416 g/mol. The normalized spacial score (nSPS) is 15.0. The molecule has 0 atom stereocenters. The second-order valence-electron chi connectivity index (χ2n) is 7.35. The highest BCUT2D eigenvalue weighted by Gasteiger charge is 2.26. The van der Waals surface area contributed by atoms with E-state index in [0.717, 1.165) is 17.1 Å². The van der Waals surface area contributed by atoms with Gasteiger partial charge in [0, 0.05) is 24.3 Å². The van der Waals surface area contributed by atoms with Crippen LogP contribution >= 0.6 is 0 Å². The summed E-state index contributed by atoms with van der Waals surface area (Å²) in [7, 11) is -3.60. The number of hydrogen-bond acceptors (Lipinski definition) is 5. The number of morpholine rings is 1. The Kier molecular flexibility index (Phi) is 5.90. The molecular formula is C22H24N4O4S. The highest BCUT2D eigenvalue weighted by molar-refractivity contribution is 7.89. The fraction of sp³-hybridized carbons (Fsp3) is 0.273. The van der Waals surface area contributed by atoms with Crippen LogP contribution in [0, 0.1) is 13.8 Å². The number of carbonyl (C=O) groups excluding carboxylic acids is 1. The van der Waals surface area contributed by atoms with Crippen LogP contribution in [0.1, 0.15) is 21.7 Å². The van der Waals surface area contributed by atoms with Crippen molar-refractivity contribution in [3.05, 3.63) is 71.5 Å². The molecule has 3 aromatic rings. The maximum atomic E-state index is 12.8. The van der Waals surface area contributed by atoms with E-state index >= 15 is 0 Å². The predicted molar refractivity (Wildman–Crippen MR) is 117 cm³/mol. The Labute approximate surface area is 181 Å². The van der Waals surface area contributed by atoms with Crippen molar-refractivity contribution in [1.82, 2.24) is 14.1 Å². The average molecular weight is 441 g/mol. The maximum Gasteiger partial charge on any atom is 0.255 e. The molecule has 0 unspecified atom stereocenters. The summed E-state index contributed by atoms with van der Waals surface area (Å²) in [6, 6.07) is 15.3. The third-order valence-electron chi connectivity index (χ3n) is 5.11. The van der Waals surface area contributed by atoms with Gasteiger partial charge >= 0.3 is 0 Å². The van der Waals surface area contributed by atoms with Crippen molar-refractivity contribution in [2.75, 3.05) is 31.6 Å². The van der Waals surface area contributed by atoms with Crippen LogP contribution in [-0.4, -0.2) is 54.7 Å². The zero-order valence-electron chi connectivity index (χ0n) is 17.4. The highest BCUT2D eigenvalue weighted by atomic mass is 32.2. The molecule has 2 heterocycles. The highest BCUT2D eigenvalue weighted by Crippen LogP contribution is 2.23. The van der Waals surface area contributed by atoms with Gasteiger partial charge in [0.25, 0.3) is 5.91 Å². The van der Waals surface area contributed by atoms with Gasteiger partial charge in [-0.1, -0.05) is 12.1 Å². The number of anilines is 1. The van der Waals surface area contributed by atoms with Gasteiger partial charge in [-0.25, -0.2) is 13.1 Å². The molecule has 1 fully saturated rings. The van der Waals surface area contributed by atoms with Crippen molar-refractivity contribution in [3.63, 3.8) is 0 Å². The minimum absolute atomic E-state index is 0.161. The summed E-state index contributed by atoms with van der Waals surface area (Å²) in [6.07, 6.45) is 0. The second-order valence-corrected chi connectivity index (χ2v) is 9.29. The molecule has 0 radical (unpaired) electrons. The Balaban J connectivity index is 1.55. The molecule has 1 aromatic heterocycles. The van der Waals surface area contributed by atoms with Gasteiger partial charge in [-0.05, 0) is 56.3 Å². The van der Waals surface area contributed by atoms with Crippen molar-refractivity contribution in [3.8, 4) is 5.69 Å². The summed E-state index contributed by atoms with van der Waals surface area (Å²) < 4.78 is 33.9. The van der Waals surface area contributed by atoms with Crippen LogP contribution in [0.3, 0.4) is 0 Å². The van der Waals surface area contributed by atoms with E-state index in [1.165, 1.54) is 28.6 Å². The lowest BCUT2D eigenvalue weighted by Crippen LogP contribution is -2.40. The SMILES string of the molecule is Cc1cc(C)n(-c2ccccc2NC(=O)c2ccc(S(=O)(=O)N3CCOCC3)cc2)n1. The van der Waals surface area contributed by atoms with Crippen LogP contribution in [-0.2, 0) is 14.8 Å². The van der Waals surface area contributed by atoms with Crippen molar-refractivity contribution in [2.24, 2.45) is 0 Å². The summed E-state index contributed by atoms with van der Waals surface area (Å²) in [4.78, 5) is 13.0. The number of amides is 1. The van der Waals surface area contributed by atoms with Gasteiger partial charge in [0.05, 0.1) is 35.2 Å². The summed E-state index contributed by atoms with van der Waals surface area (Å²) in [5.41, 5.74) is 3.58. The molecule has 1 amide bonds. The molecule has 1 N–H and O–H groups in total. The zero-order chi connectivity index (χ0) is 22.0. The Morgan fingerprint density at radius 3 is 2.35 bits per heavy atom. The number of carbonyl (C=O) groups is 1. The smallest absolute Gasteiger partial charge is 0.255 e. The van der Waals surface area contributed by atoms with E-state index in [1.807, 2.05) is 38.1 Å². The summed E-state index contributed by atoms with van der Waals surface area (Å²) in [5.74, 6) is -0.329. The molecule has 1 aliphatic heterocycles. The minimum Gasteiger partial charge on any atom is -0.379 e. The van der Waals surface area contributed by atoms with Crippen molar-refractivity contribution in [1.29, 1.82) is 0 Å². The van der Waals surface area contributed by atoms with Crippen LogP contribution in [0.4, 0.5) is 5.69 Å². The number of aryl methyl sites for hydroxylation is 2. The lowest BCUT2D eigenvalue weighted by Gasteiger charge is -2.26. The molecule has 162 valence electrons. The monoisotopic (exact) mass is 440 g/mol. The van der Waals surface area contributed by atoms with E-state index in [4.69, 9.17) is 4.74 Å². The first-order chi connectivity index (χ1) is 14.9. The van der Waals surface area contributed by atoms with Gasteiger partial charge in [-0.2, -0.15) is 9.40 Å². The second kappa shape index (κ2) is 8.62. The molecule has 8 nitrogen and oxygen atoms in total. The lowest BCUT2D eigenvalue weighted by atomic mass is 10.2.